The van der Waals surface area contributed by atoms with Crippen LogP contribution in [0.3, 0.4) is 0 Å². The molecule has 0 bridgehead atoms. The Labute approximate surface area is 102 Å². The van der Waals surface area contributed by atoms with Crippen molar-refractivity contribution in [1.29, 1.82) is 0 Å². The quantitative estimate of drug-likeness (QED) is 0.691. The normalized spacial score (nSPS) is 35.1. The van der Waals surface area contributed by atoms with Gasteiger partial charge in [-0.25, -0.2) is 0 Å². The van der Waals surface area contributed by atoms with Gasteiger partial charge in [-0.2, -0.15) is 0 Å². The van der Waals surface area contributed by atoms with E-state index in [1.54, 1.807) is 0 Å². The van der Waals surface area contributed by atoms with Gasteiger partial charge in [-0.3, -0.25) is 9.69 Å². The van der Waals surface area contributed by atoms with Crippen molar-refractivity contribution in [3.05, 3.63) is 0 Å². The van der Waals surface area contributed by atoms with Gasteiger partial charge in [0, 0.05) is 51.7 Å². The molecule has 0 aromatic heterocycles. The predicted molar refractivity (Wildman–Crippen MR) is 63.8 cm³/mol. The van der Waals surface area contributed by atoms with E-state index in [4.69, 9.17) is 4.74 Å². The number of carbonyl (C=O) groups excluding carboxylic acids is 1. The maximum atomic E-state index is 11.6. The van der Waals surface area contributed by atoms with Crippen LogP contribution in [-0.4, -0.2) is 73.7 Å². The second kappa shape index (κ2) is 4.92. The molecule has 3 fully saturated rings. The molecular weight excluding hydrogens is 218 g/mol. The minimum atomic E-state index is 0.326. The van der Waals surface area contributed by atoms with Crippen molar-refractivity contribution in [2.24, 2.45) is 0 Å². The van der Waals surface area contributed by atoms with Gasteiger partial charge >= 0.3 is 0 Å². The van der Waals surface area contributed by atoms with Gasteiger partial charge < -0.3 is 15.0 Å². The fraction of sp³-hybridized carbons (Fsp3) is 0.917. The lowest BCUT2D eigenvalue weighted by Crippen LogP contribution is -2.54. The Kier molecular flexibility index (Phi) is 3.31. The summed E-state index contributed by atoms with van der Waals surface area (Å²) in [4.78, 5) is 16.1. The highest BCUT2D eigenvalue weighted by atomic mass is 16.5. The van der Waals surface area contributed by atoms with Crippen molar-refractivity contribution >= 4 is 5.91 Å². The fourth-order valence-corrected chi connectivity index (χ4v) is 3.12. The molecule has 2 unspecified atom stereocenters. The van der Waals surface area contributed by atoms with E-state index in [2.05, 4.69) is 15.1 Å². The smallest absolute Gasteiger partial charge is 0.222 e. The summed E-state index contributed by atoms with van der Waals surface area (Å²) in [6.45, 7) is 6.71. The zero-order valence-electron chi connectivity index (χ0n) is 10.2. The highest BCUT2D eigenvalue weighted by Gasteiger charge is 2.35. The summed E-state index contributed by atoms with van der Waals surface area (Å²) in [7, 11) is 0. The van der Waals surface area contributed by atoms with E-state index in [1.165, 1.54) is 0 Å². The highest BCUT2D eigenvalue weighted by molar-refractivity contribution is 5.78. The maximum absolute atomic E-state index is 11.6. The van der Waals surface area contributed by atoms with Gasteiger partial charge in [-0.15, -0.1) is 0 Å². The van der Waals surface area contributed by atoms with E-state index in [0.29, 0.717) is 18.1 Å². The Balaban J connectivity index is 1.51. The van der Waals surface area contributed by atoms with Crippen LogP contribution < -0.4 is 5.32 Å². The van der Waals surface area contributed by atoms with Crippen LogP contribution in [0.5, 0.6) is 0 Å². The first-order valence-corrected chi connectivity index (χ1v) is 6.67. The van der Waals surface area contributed by atoms with Crippen molar-refractivity contribution < 1.29 is 9.53 Å². The molecule has 2 atom stereocenters. The average molecular weight is 239 g/mol. The van der Waals surface area contributed by atoms with Crippen molar-refractivity contribution in [2.45, 2.75) is 25.0 Å². The Bertz CT molecular complexity index is 291. The number of amides is 1. The van der Waals surface area contributed by atoms with Crippen LogP contribution in [0.4, 0.5) is 0 Å². The van der Waals surface area contributed by atoms with Crippen LogP contribution in [-0.2, 0) is 9.53 Å². The van der Waals surface area contributed by atoms with Gasteiger partial charge in [0.1, 0.15) is 0 Å². The number of carbonyl (C=O) groups is 1. The molecule has 96 valence electrons. The van der Waals surface area contributed by atoms with Crippen molar-refractivity contribution in [3.8, 4) is 0 Å². The number of hydrogen-bond acceptors (Lipinski definition) is 4. The molecule has 0 saturated carbocycles. The van der Waals surface area contributed by atoms with Crippen LogP contribution in [0.1, 0.15) is 12.8 Å². The third-order valence-corrected chi connectivity index (χ3v) is 4.04. The number of rotatable bonds is 2. The summed E-state index contributed by atoms with van der Waals surface area (Å²) >= 11 is 0. The van der Waals surface area contributed by atoms with Crippen molar-refractivity contribution in [3.63, 3.8) is 0 Å². The molecule has 0 aliphatic carbocycles. The van der Waals surface area contributed by atoms with Crippen molar-refractivity contribution in [1.82, 2.24) is 15.1 Å². The lowest BCUT2D eigenvalue weighted by atomic mass is 10.1. The first-order chi connectivity index (χ1) is 8.33. The van der Waals surface area contributed by atoms with E-state index in [0.717, 1.165) is 58.7 Å². The van der Waals surface area contributed by atoms with Crippen LogP contribution in [0.15, 0.2) is 0 Å². The van der Waals surface area contributed by atoms with Crippen LogP contribution in [0.2, 0.25) is 0 Å². The number of nitrogens with one attached hydrogen (secondary N) is 1. The molecule has 5 nitrogen and oxygen atoms in total. The molecule has 3 aliphatic heterocycles. The molecule has 5 heteroatoms. The van der Waals surface area contributed by atoms with Gasteiger partial charge in [0.2, 0.25) is 5.91 Å². The molecule has 17 heavy (non-hydrogen) atoms. The number of ether oxygens (including phenoxy) is 1. The summed E-state index contributed by atoms with van der Waals surface area (Å²) in [5.41, 5.74) is 0. The lowest BCUT2D eigenvalue weighted by Gasteiger charge is -2.39. The molecule has 3 saturated heterocycles. The van der Waals surface area contributed by atoms with Crippen molar-refractivity contribution in [2.75, 3.05) is 45.9 Å². The van der Waals surface area contributed by atoms with Gasteiger partial charge in [-0.05, 0) is 6.42 Å². The van der Waals surface area contributed by atoms with Gasteiger partial charge in [0.25, 0.3) is 0 Å². The molecule has 0 aromatic rings. The van der Waals surface area contributed by atoms with Gasteiger partial charge in [0.05, 0.1) is 12.7 Å². The molecule has 1 N–H and O–H groups in total. The second-order valence-electron chi connectivity index (χ2n) is 5.24. The van der Waals surface area contributed by atoms with Crippen LogP contribution >= 0.6 is 0 Å². The first-order valence-electron chi connectivity index (χ1n) is 6.67. The summed E-state index contributed by atoms with van der Waals surface area (Å²) < 4.78 is 5.73. The monoisotopic (exact) mass is 239 g/mol. The maximum Gasteiger partial charge on any atom is 0.222 e. The van der Waals surface area contributed by atoms with Crippen LogP contribution in [0.25, 0.3) is 0 Å². The fourth-order valence-electron chi connectivity index (χ4n) is 3.12. The zero-order chi connectivity index (χ0) is 11.7. The number of morpholine rings is 1. The van der Waals surface area contributed by atoms with Gasteiger partial charge in [-0.1, -0.05) is 0 Å². The molecule has 3 heterocycles. The molecule has 0 radical (unpaired) electrons. The van der Waals surface area contributed by atoms with E-state index in [-0.39, 0.29) is 0 Å². The third-order valence-electron chi connectivity index (χ3n) is 4.04. The molecule has 3 aliphatic rings. The third kappa shape index (κ3) is 2.46. The first kappa shape index (κ1) is 11.4. The van der Waals surface area contributed by atoms with Gasteiger partial charge in [0.15, 0.2) is 0 Å². The molecule has 0 aromatic carbocycles. The average Bonchev–Trinajstić information content (AvgIpc) is 2.72. The van der Waals surface area contributed by atoms with E-state index >= 15 is 0 Å². The standard InChI is InChI=1S/C12H21N3O2/c16-12-2-1-10-8-14(4-5-15(10)12)9-11-7-13-3-6-17-11/h10-11,13H,1-9H2. The number of piperazine rings is 1. The van der Waals surface area contributed by atoms with E-state index < -0.39 is 0 Å². The topological polar surface area (TPSA) is 44.8 Å². The molecule has 3 rings (SSSR count). The molecule has 1 amide bonds. The minimum Gasteiger partial charge on any atom is -0.374 e. The lowest BCUT2D eigenvalue weighted by molar-refractivity contribution is -0.131. The zero-order valence-corrected chi connectivity index (χ0v) is 10.2. The SMILES string of the molecule is O=C1CCC2CN(CC3CNCCO3)CCN12. The second-order valence-corrected chi connectivity index (χ2v) is 5.24. The predicted octanol–water partition coefficient (Wildman–Crippen LogP) is -0.719. The summed E-state index contributed by atoms with van der Waals surface area (Å²) in [6, 6.07) is 0.466. The number of hydrogen-bond donors (Lipinski definition) is 1. The van der Waals surface area contributed by atoms with E-state index in [9.17, 15) is 4.79 Å². The Morgan fingerprint density at radius 2 is 2.35 bits per heavy atom. The molecule has 0 spiro atoms. The summed E-state index contributed by atoms with van der Waals surface area (Å²) in [5.74, 6) is 0.352. The Hall–Kier alpha value is -0.650. The Morgan fingerprint density at radius 3 is 3.18 bits per heavy atom. The van der Waals surface area contributed by atoms with E-state index in [1.807, 2.05) is 0 Å². The number of nitrogens with zero attached hydrogens (tertiary/aromatic N) is 2. The molecular formula is C12H21N3O2. The summed E-state index contributed by atoms with van der Waals surface area (Å²) in [5, 5.41) is 3.36. The van der Waals surface area contributed by atoms with Crippen LogP contribution in [0, 0.1) is 0 Å². The highest BCUT2D eigenvalue weighted by Crippen LogP contribution is 2.22. The number of fused-ring (bicyclic) bond motifs is 1. The largest absolute Gasteiger partial charge is 0.374 e. The summed E-state index contributed by atoms with van der Waals surface area (Å²) in [6.07, 6.45) is 2.12. The minimum absolute atomic E-state index is 0.326. The Morgan fingerprint density at radius 1 is 1.41 bits per heavy atom.